The maximum absolute atomic E-state index is 6.02. The Bertz CT molecular complexity index is 356. The van der Waals surface area contributed by atoms with Gasteiger partial charge in [0, 0.05) is 20.8 Å². The van der Waals surface area contributed by atoms with Crippen LogP contribution in [-0.2, 0) is 15.1 Å². The van der Waals surface area contributed by atoms with Crippen molar-refractivity contribution < 1.29 is 14.0 Å². The molecule has 0 aromatic carbocycles. The van der Waals surface area contributed by atoms with Crippen LogP contribution in [-0.4, -0.2) is 31.0 Å². The van der Waals surface area contributed by atoms with E-state index in [9.17, 15) is 0 Å². The molecule has 0 saturated carbocycles. The Kier molecular flexibility index (Phi) is 6.41. The smallest absolute Gasteiger partial charge is 0.243 e. The molecular formula is C13H25N3O3. The molecule has 0 aliphatic rings. The van der Waals surface area contributed by atoms with Crippen LogP contribution in [0.25, 0.3) is 0 Å². The van der Waals surface area contributed by atoms with Crippen molar-refractivity contribution in [2.24, 2.45) is 5.73 Å². The highest BCUT2D eigenvalue weighted by atomic mass is 16.5. The molecule has 6 heteroatoms. The fourth-order valence-corrected chi connectivity index (χ4v) is 2.09. The molecule has 0 aliphatic heterocycles. The van der Waals surface area contributed by atoms with E-state index in [-0.39, 0.29) is 6.04 Å². The summed E-state index contributed by atoms with van der Waals surface area (Å²) in [6.07, 6.45) is 3.20. The van der Waals surface area contributed by atoms with E-state index in [0.29, 0.717) is 18.3 Å². The summed E-state index contributed by atoms with van der Waals surface area (Å²) in [6, 6.07) is -0.250. The lowest BCUT2D eigenvalue weighted by Gasteiger charge is -2.25. The average molecular weight is 271 g/mol. The second-order valence-electron chi connectivity index (χ2n) is 4.60. The second-order valence-corrected chi connectivity index (χ2v) is 4.60. The Morgan fingerprint density at radius 3 is 2.53 bits per heavy atom. The van der Waals surface area contributed by atoms with Crippen LogP contribution in [0.15, 0.2) is 4.52 Å². The highest BCUT2D eigenvalue weighted by Gasteiger charge is 2.34. The van der Waals surface area contributed by atoms with E-state index in [1.54, 1.807) is 14.2 Å². The SMILES string of the molecule is CCC(CC)(OC)c1noc(C(N)CCCOC)n1. The van der Waals surface area contributed by atoms with Gasteiger partial charge in [-0.05, 0) is 25.7 Å². The zero-order valence-corrected chi connectivity index (χ0v) is 12.3. The third-order valence-corrected chi connectivity index (χ3v) is 3.56. The van der Waals surface area contributed by atoms with Crippen molar-refractivity contribution in [1.82, 2.24) is 10.1 Å². The summed E-state index contributed by atoms with van der Waals surface area (Å²) >= 11 is 0. The maximum Gasteiger partial charge on any atom is 0.243 e. The van der Waals surface area contributed by atoms with Crippen molar-refractivity contribution in [3.63, 3.8) is 0 Å². The minimum absolute atomic E-state index is 0.250. The van der Waals surface area contributed by atoms with Crippen molar-refractivity contribution >= 4 is 0 Å². The molecule has 0 bridgehead atoms. The highest BCUT2D eigenvalue weighted by Crippen LogP contribution is 2.30. The fraction of sp³-hybridized carbons (Fsp3) is 0.846. The lowest BCUT2D eigenvalue weighted by atomic mass is 9.96. The van der Waals surface area contributed by atoms with Gasteiger partial charge < -0.3 is 19.7 Å². The molecule has 0 spiro atoms. The van der Waals surface area contributed by atoms with Crippen molar-refractivity contribution in [2.75, 3.05) is 20.8 Å². The van der Waals surface area contributed by atoms with Crippen LogP contribution >= 0.6 is 0 Å². The minimum Gasteiger partial charge on any atom is -0.385 e. The third kappa shape index (κ3) is 3.75. The first-order valence-electron chi connectivity index (χ1n) is 6.77. The van der Waals surface area contributed by atoms with E-state index >= 15 is 0 Å². The van der Waals surface area contributed by atoms with E-state index in [4.69, 9.17) is 19.7 Å². The van der Waals surface area contributed by atoms with Gasteiger partial charge in [-0.15, -0.1) is 0 Å². The Morgan fingerprint density at radius 1 is 1.32 bits per heavy atom. The lowest BCUT2D eigenvalue weighted by molar-refractivity contribution is -0.0306. The normalized spacial score (nSPS) is 13.7. The quantitative estimate of drug-likeness (QED) is 0.693. The van der Waals surface area contributed by atoms with E-state index in [1.165, 1.54) is 0 Å². The van der Waals surface area contributed by atoms with Crippen LogP contribution in [0.1, 0.15) is 57.3 Å². The molecule has 1 atom stereocenters. The second kappa shape index (κ2) is 7.57. The zero-order valence-electron chi connectivity index (χ0n) is 12.3. The molecule has 1 unspecified atom stereocenters. The number of hydrogen-bond donors (Lipinski definition) is 1. The number of hydrogen-bond acceptors (Lipinski definition) is 6. The first-order valence-corrected chi connectivity index (χ1v) is 6.77. The third-order valence-electron chi connectivity index (χ3n) is 3.56. The summed E-state index contributed by atoms with van der Waals surface area (Å²) in [4.78, 5) is 4.41. The Hall–Kier alpha value is -0.980. The van der Waals surface area contributed by atoms with Crippen LogP contribution in [0.3, 0.4) is 0 Å². The van der Waals surface area contributed by atoms with Crippen molar-refractivity contribution in [2.45, 2.75) is 51.2 Å². The molecule has 0 radical (unpaired) electrons. The maximum atomic E-state index is 6.02. The molecule has 1 aromatic rings. The van der Waals surface area contributed by atoms with Crippen LogP contribution in [0.2, 0.25) is 0 Å². The number of aromatic nitrogens is 2. The van der Waals surface area contributed by atoms with Crippen molar-refractivity contribution in [3.05, 3.63) is 11.7 Å². The molecule has 0 fully saturated rings. The minimum atomic E-state index is -0.478. The summed E-state index contributed by atoms with van der Waals surface area (Å²) in [7, 11) is 3.34. The van der Waals surface area contributed by atoms with Crippen LogP contribution < -0.4 is 5.73 Å². The predicted octanol–water partition coefficient (Wildman–Crippen LogP) is 2.16. The molecule has 6 nitrogen and oxygen atoms in total. The van der Waals surface area contributed by atoms with Gasteiger partial charge in [0.05, 0.1) is 6.04 Å². The summed E-state index contributed by atoms with van der Waals surface area (Å²) in [6.45, 7) is 4.77. The molecule has 1 aromatic heterocycles. The molecule has 0 aliphatic carbocycles. The highest BCUT2D eigenvalue weighted by molar-refractivity contribution is 5.02. The van der Waals surface area contributed by atoms with Crippen LogP contribution in [0.4, 0.5) is 0 Å². The summed E-state index contributed by atoms with van der Waals surface area (Å²) < 4.78 is 15.8. The number of rotatable bonds is 9. The van der Waals surface area contributed by atoms with Gasteiger partial charge >= 0.3 is 0 Å². The van der Waals surface area contributed by atoms with Gasteiger partial charge in [-0.2, -0.15) is 4.98 Å². The van der Waals surface area contributed by atoms with E-state index < -0.39 is 5.60 Å². The molecule has 1 rings (SSSR count). The fourth-order valence-electron chi connectivity index (χ4n) is 2.09. The number of ether oxygens (including phenoxy) is 2. The Labute approximate surface area is 114 Å². The van der Waals surface area contributed by atoms with Gasteiger partial charge in [0.2, 0.25) is 11.7 Å². The number of nitrogens with two attached hydrogens (primary N) is 1. The average Bonchev–Trinajstić information content (AvgIpc) is 2.92. The van der Waals surface area contributed by atoms with Gasteiger partial charge in [-0.25, -0.2) is 0 Å². The first kappa shape index (κ1) is 16.1. The summed E-state index contributed by atoms with van der Waals surface area (Å²) in [5, 5.41) is 4.03. The molecule has 19 heavy (non-hydrogen) atoms. The Morgan fingerprint density at radius 2 is 2.00 bits per heavy atom. The standard InChI is InChI=1S/C13H25N3O3/c1-5-13(6-2,18-4)12-15-11(19-16-12)10(14)8-7-9-17-3/h10H,5-9,14H2,1-4H3. The molecule has 1 heterocycles. The summed E-state index contributed by atoms with van der Waals surface area (Å²) in [5.74, 6) is 1.05. The first-order chi connectivity index (χ1) is 9.13. The molecule has 110 valence electrons. The van der Waals surface area contributed by atoms with Gasteiger partial charge in [-0.1, -0.05) is 19.0 Å². The molecular weight excluding hydrogens is 246 g/mol. The van der Waals surface area contributed by atoms with Gasteiger partial charge in [0.1, 0.15) is 5.60 Å². The predicted molar refractivity (Wildman–Crippen MR) is 71.6 cm³/mol. The molecule has 0 saturated heterocycles. The molecule has 0 amide bonds. The van der Waals surface area contributed by atoms with Crippen LogP contribution in [0, 0.1) is 0 Å². The van der Waals surface area contributed by atoms with Crippen LogP contribution in [0.5, 0.6) is 0 Å². The monoisotopic (exact) mass is 271 g/mol. The van der Waals surface area contributed by atoms with Gasteiger partial charge in [-0.3, -0.25) is 0 Å². The van der Waals surface area contributed by atoms with Gasteiger partial charge in [0.15, 0.2) is 0 Å². The molecule has 2 N–H and O–H groups in total. The van der Waals surface area contributed by atoms with Crippen molar-refractivity contribution in [3.8, 4) is 0 Å². The largest absolute Gasteiger partial charge is 0.385 e. The van der Waals surface area contributed by atoms with Gasteiger partial charge in [0.25, 0.3) is 0 Å². The number of methoxy groups -OCH3 is 2. The van der Waals surface area contributed by atoms with Crippen molar-refractivity contribution in [1.29, 1.82) is 0 Å². The topological polar surface area (TPSA) is 83.4 Å². The summed E-state index contributed by atoms with van der Waals surface area (Å²) in [5.41, 5.74) is 5.55. The van der Waals surface area contributed by atoms with E-state index in [2.05, 4.69) is 10.1 Å². The number of nitrogens with zero attached hydrogens (tertiary/aromatic N) is 2. The Balaban J connectivity index is 2.75. The van der Waals surface area contributed by atoms with E-state index in [1.807, 2.05) is 13.8 Å². The van der Waals surface area contributed by atoms with E-state index in [0.717, 1.165) is 25.7 Å². The lowest BCUT2D eigenvalue weighted by Crippen LogP contribution is -2.28. The zero-order chi connectivity index (χ0) is 14.3.